The lowest BCUT2D eigenvalue weighted by Crippen LogP contribution is -2.46. The van der Waals surface area contributed by atoms with Crippen LogP contribution < -0.4 is 10.9 Å². The molecule has 0 saturated heterocycles. The van der Waals surface area contributed by atoms with E-state index in [1.54, 1.807) is 32.9 Å². The van der Waals surface area contributed by atoms with Crippen molar-refractivity contribution in [2.45, 2.75) is 41.2 Å². The third kappa shape index (κ3) is 3.10. The Kier molecular flexibility index (Phi) is 4.21. The fourth-order valence-electron chi connectivity index (χ4n) is 2.16. The van der Waals surface area contributed by atoms with Crippen LogP contribution in [0.3, 0.4) is 0 Å². The molecule has 0 aliphatic heterocycles. The van der Waals surface area contributed by atoms with Crippen LogP contribution in [0, 0.1) is 12.3 Å². The molecule has 22 heavy (non-hydrogen) atoms. The lowest BCUT2D eigenvalue weighted by molar-refractivity contribution is -0.129. The number of carbonyl (C=O) groups excluding carboxylic acids is 2. The number of nitrogens with zero attached hydrogens (tertiary/aromatic N) is 2. The third-order valence-electron chi connectivity index (χ3n) is 3.49. The fourth-order valence-corrected chi connectivity index (χ4v) is 2.16. The molecule has 2 amide bonds. The van der Waals surface area contributed by atoms with Gasteiger partial charge in [0.05, 0.1) is 11.0 Å². The van der Waals surface area contributed by atoms with Crippen molar-refractivity contribution in [3.05, 3.63) is 29.6 Å². The quantitative estimate of drug-likeness (QED) is 0.835. The van der Waals surface area contributed by atoms with Gasteiger partial charge in [-0.3, -0.25) is 20.4 Å². The smallest absolute Gasteiger partial charge is 0.269 e. The lowest BCUT2D eigenvalue weighted by atomic mass is 9.96. The lowest BCUT2D eigenvalue weighted by Gasteiger charge is -2.17. The molecule has 2 rings (SSSR count). The number of hydrazine groups is 1. The zero-order chi connectivity index (χ0) is 16.5. The Balaban J connectivity index is 2.17. The first-order valence-electron chi connectivity index (χ1n) is 7.31. The molecule has 0 aliphatic carbocycles. The topological polar surface area (TPSA) is 76.0 Å². The molecular weight excluding hydrogens is 280 g/mol. The van der Waals surface area contributed by atoms with E-state index < -0.39 is 5.41 Å². The van der Waals surface area contributed by atoms with Gasteiger partial charge in [0.25, 0.3) is 5.91 Å². The maximum atomic E-state index is 12.1. The maximum absolute atomic E-state index is 12.1. The Morgan fingerprint density at radius 3 is 2.50 bits per heavy atom. The monoisotopic (exact) mass is 302 g/mol. The standard InChI is InChI=1S/C16H22N4O2/c1-6-20-10(2)17-12-9-11(7-8-13(12)20)14(21)18-19-15(22)16(3,4)5/h7-9H,6H2,1-5H3,(H,18,21)(H,19,22). The maximum Gasteiger partial charge on any atom is 0.269 e. The molecule has 118 valence electrons. The van der Waals surface area contributed by atoms with Gasteiger partial charge in [-0.05, 0) is 32.0 Å². The SMILES string of the molecule is CCn1c(C)nc2cc(C(=O)NNC(=O)C(C)(C)C)ccc21. The second-order valence-corrected chi connectivity index (χ2v) is 6.27. The normalized spacial score (nSPS) is 11.5. The van der Waals surface area contributed by atoms with Crippen LogP contribution in [0.15, 0.2) is 18.2 Å². The summed E-state index contributed by atoms with van der Waals surface area (Å²) in [5, 5.41) is 0. The van der Waals surface area contributed by atoms with Crippen molar-refractivity contribution >= 4 is 22.8 Å². The van der Waals surface area contributed by atoms with Crippen molar-refractivity contribution in [2.24, 2.45) is 5.41 Å². The Morgan fingerprint density at radius 1 is 1.23 bits per heavy atom. The molecule has 0 spiro atoms. The van der Waals surface area contributed by atoms with E-state index in [0.29, 0.717) is 5.56 Å². The molecule has 0 fully saturated rings. The summed E-state index contributed by atoms with van der Waals surface area (Å²) < 4.78 is 2.08. The molecular formula is C16H22N4O2. The first kappa shape index (κ1) is 16.0. The zero-order valence-corrected chi connectivity index (χ0v) is 13.7. The molecule has 0 atom stereocenters. The van der Waals surface area contributed by atoms with Gasteiger partial charge in [0.2, 0.25) is 5.91 Å². The minimum absolute atomic E-state index is 0.243. The molecule has 1 aromatic heterocycles. The number of rotatable bonds is 2. The summed E-state index contributed by atoms with van der Waals surface area (Å²) in [6, 6.07) is 5.33. The van der Waals surface area contributed by atoms with Gasteiger partial charge >= 0.3 is 0 Å². The van der Waals surface area contributed by atoms with E-state index in [1.807, 2.05) is 13.0 Å². The number of aromatic nitrogens is 2. The highest BCUT2D eigenvalue weighted by Gasteiger charge is 2.21. The van der Waals surface area contributed by atoms with E-state index in [1.165, 1.54) is 0 Å². The predicted octanol–water partition coefficient (Wildman–Crippen LogP) is 2.17. The molecule has 0 saturated carbocycles. The molecule has 0 aliphatic rings. The molecule has 0 unspecified atom stereocenters. The van der Waals surface area contributed by atoms with Crippen molar-refractivity contribution in [3.8, 4) is 0 Å². The highest BCUT2D eigenvalue weighted by Crippen LogP contribution is 2.17. The summed E-state index contributed by atoms with van der Waals surface area (Å²) in [7, 11) is 0. The molecule has 1 heterocycles. The summed E-state index contributed by atoms with van der Waals surface area (Å²) in [5.74, 6) is 0.312. The number of imidazole rings is 1. The molecule has 2 aromatic rings. The summed E-state index contributed by atoms with van der Waals surface area (Å²) in [4.78, 5) is 28.3. The Bertz CT molecular complexity index is 726. The number of fused-ring (bicyclic) bond motifs is 1. The van der Waals surface area contributed by atoms with Gasteiger partial charge in [-0.15, -0.1) is 0 Å². The first-order valence-corrected chi connectivity index (χ1v) is 7.31. The van der Waals surface area contributed by atoms with Crippen molar-refractivity contribution in [1.29, 1.82) is 0 Å². The van der Waals surface area contributed by atoms with E-state index in [0.717, 1.165) is 23.4 Å². The van der Waals surface area contributed by atoms with Crippen LogP contribution in [0.4, 0.5) is 0 Å². The number of carbonyl (C=O) groups is 2. The summed E-state index contributed by atoms with van der Waals surface area (Å²) in [6.45, 7) is 10.2. The molecule has 6 nitrogen and oxygen atoms in total. The molecule has 0 bridgehead atoms. The predicted molar refractivity (Wildman–Crippen MR) is 85.2 cm³/mol. The third-order valence-corrected chi connectivity index (χ3v) is 3.49. The van der Waals surface area contributed by atoms with Gasteiger partial charge in [0, 0.05) is 17.5 Å². The number of nitrogens with one attached hydrogen (secondary N) is 2. The summed E-state index contributed by atoms with van der Waals surface area (Å²) in [5.41, 5.74) is 6.53. The summed E-state index contributed by atoms with van der Waals surface area (Å²) >= 11 is 0. The van der Waals surface area contributed by atoms with E-state index in [4.69, 9.17) is 0 Å². The van der Waals surface area contributed by atoms with Gasteiger partial charge in [0.1, 0.15) is 5.82 Å². The van der Waals surface area contributed by atoms with Crippen LogP contribution >= 0.6 is 0 Å². The van der Waals surface area contributed by atoms with Crippen LogP contribution in [-0.2, 0) is 11.3 Å². The Morgan fingerprint density at radius 2 is 1.91 bits per heavy atom. The fraction of sp³-hybridized carbons (Fsp3) is 0.438. The van der Waals surface area contributed by atoms with Crippen LogP contribution in [-0.4, -0.2) is 21.4 Å². The second-order valence-electron chi connectivity index (χ2n) is 6.27. The average molecular weight is 302 g/mol. The molecule has 2 N–H and O–H groups in total. The van der Waals surface area contributed by atoms with Gasteiger partial charge < -0.3 is 4.57 Å². The Labute approximate surface area is 129 Å². The van der Waals surface area contributed by atoms with Gasteiger partial charge in [-0.2, -0.15) is 0 Å². The number of aryl methyl sites for hydroxylation is 2. The minimum atomic E-state index is -0.561. The highest BCUT2D eigenvalue weighted by molar-refractivity contribution is 5.98. The van der Waals surface area contributed by atoms with E-state index >= 15 is 0 Å². The number of hydrogen-bond donors (Lipinski definition) is 2. The molecule has 1 aromatic carbocycles. The van der Waals surface area contributed by atoms with Crippen LogP contribution in [0.5, 0.6) is 0 Å². The van der Waals surface area contributed by atoms with E-state index in [9.17, 15) is 9.59 Å². The van der Waals surface area contributed by atoms with Crippen molar-refractivity contribution < 1.29 is 9.59 Å². The van der Waals surface area contributed by atoms with Crippen LogP contribution in [0.1, 0.15) is 43.9 Å². The van der Waals surface area contributed by atoms with Crippen molar-refractivity contribution in [2.75, 3.05) is 0 Å². The van der Waals surface area contributed by atoms with Crippen molar-refractivity contribution in [3.63, 3.8) is 0 Å². The minimum Gasteiger partial charge on any atom is -0.329 e. The number of benzene rings is 1. The van der Waals surface area contributed by atoms with E-state index in [-0.39, 0.29) is 11.8 Å². The van der Waals surface area contributed by atoms with Crippen molar-refractivity contribution in [1.82, 2.24) is 20.4 Å². The highest BCUT2D eigenvalue weighted by atomic mass is 16.2. The molecule has 6 heteroatoms. The van der Waals surface area contributed by atoms with Crippen LogP contribution in [0.25, 0.3) is 11.0 Å². The average Bonchev–Trinajstić information content (AvgIpc) is 2.77. The van der Waals surface area contributed by atoms with Gasteiger partial charge in [0.15, 0.2) is 0 Å². The second kappa shape index (κ2) is 5.79. The van der Waals surface area contributed by atoms with Gasteiger partial charge in [-0.1, -0.05) is 20.8 Å². The Hall–Kier alpha value is -2.37. The zero-order valence-electron chi connectivity index (χ0n) is 13.7. The number of hydrogen-bond acceptors (Lipinski definition) is 3. The largest absolute Gasteiger partial charge is 0.329 e. The van der Waals surface area contributed by atoms with Crippen LogP contribution in [0.2, 0.25) is 0 Å². The van der Waals surface area contributed by atoms with E-state index in [2.05, 4.69) is 27.3 Å². The van der Waals surface area contributed by atoms with Gasteiger partial charge in [-0.25, -0.2) is 4.98 Å². The number of amides is 2. The summed E-state index contributed by atoms with van der Waals surface area (Å²) in [6.07, 6.45) is 0. The first-order chi connectivity index (χ1) is 10.2. The molecule has 0 radical (unpaired) electrons.